The number of nitrogens with one attached hydrogen (secondary N) is 1. The van der Waals surface area contributed by atoms with Crippen molar-refractivity contribution in [1.29, 1.82) is 0 Å². The topological polar surface area (TPSA) is 75.4 Å². The number of carbonyl (C=O) groups is 1. The van der Waals surface area contributed by atoms with E-state index >= 15 is 0 Å². The largest absolute Gasteiger partial charge is 0.393 e. The summed E-state index contributed by atoms with van der Waals surface area (Å²) in [6, 6.07) is -0.462. The van der Waals surface area contributed by atoms with Crippen molar-refractivity contribution in [2.45, 2.75) is 44.8 Å². The lowest BCUT2D eigenvalue weighted by atomic mass is 9.86. The van der Waals surface area contributed by atoms with E-state index in [1.54, 1.807) is 6.92 Å². The molecular formula is C10H20N2O2. The predicted octanol–water partition coefficient (Wildman–Crippen LogP) is 0.000900. The van der Waals surface area contributed by atoms with E-state index in [4.69, 9.17) is 5.73 Å². The molecule has 0 heterocycles. The molecule has 0 radical (unpaired) electrons. The highest BCUT2D eigenvalue weighted by Crippen LogP contribution is 2.23. The molecule has 0 aliphatic heterocycles. The highest BCUT2D eigenvalue weighted by Gasteiger charge is 2.23. The first-order valence-electron chi connectivity index (χ1n) is 5.32. The van der Waals surface area contributed by atoms with Gasteiger partial charge in [-0.05, 0) is 19.8 Å². The molecule has 1 aliphatic carbocycles. The lowest BCUT2D eigenvalue weighted by Crippen LogP contribution is -2.43. The van der Waals surface area contributed by atoms with Gasteiger partial charge < -0.3 is 16.2 Å². The molecule has 0 bridgehead atoms. The Balaban J connectivity index is 2.26. The Morgan fingerprint density at radius 2 is 2.21 bits per heavy atom. The van der Waals surface area contributed by atoms with Crippen LogP contribution < -0.4 is 11.1 Å². The van der Waals surface area contributed by atoms with Crippen LogP contribution in [0.15, 0.2) is 0 Å². The molecule has 82 valence electrons. The van der Waals surface area contributed by atoms with E-state index in [1.807, 2.05) is 0 Å². The summed E-state index contributed by atoms with van der Waals surface area (Å²) in [7, 11) is 0. The van der Waals surface area contributed by atoms with Crippen LogP contribution >= 0.6 is 0 Å². The first-order valence-corrected chi connectivity index (χ1v) is 5.32. The molecule has 4 N–H and O–H groups in total. The summed E-state index contributed by atoms with van der Waals surface area (Å²) in [6.45, 7) is 2.22. The van der Waals surface area contributed by atoms with E-state index in [0.29, 0.717) is 6.54 Å². The zero-order chi connectivity index (χ0) is 10.6. The van der Waals surface area contributed by atoms with Crippen molar-refractivity contribution in [3.8, 4) is 0 Å². The summed E-state index contributed by atoms with van der Waals surface area (Å²) in [4.78, 5) is 11.2. The number of nitrogens with two attached hydrogens (primary N) is 1. The summed E-state index contributed by atoms with van der Waals surface area (Å²) in [5.74, 6) is 0.0780. The van der Waals surface area contributed by atoms with Crippen molar-refractivity contribution in [2.24, 2.45) is 11.7 Å². The SMILES string of the molecule is C[C@@H](N)C(=O)NCC1CCCCC1O. The van der Waals surface area contributed by atoms with Crippen LogP contribution in [-0.2, 0) is 4.79 Å². The second-order valence-corrected chi connectivity index (χ2v) is 4.15. The molecule has 2 unspecified atom stereocenters. The number of hydrogen-bond acceptors (Lipinski definition) is 3. The van der Waals surface area contributed by atoms with Gasteiger partial charge in [0.2, 0.25) is 5.91 Å². The van der Waals surface area contributed by atoms with Crippen LogP contribution in [0.1, 0.15) is 32.6 Å². The molecule has 0 aromatic rings. The van der Waals surface area contributed by atoms with Crippen LogP contribution in [0.25, 0.3) is 0 Å². The summed E-state index contributed by atoms with van der Waals surface area (Å²) in [6.07, 6.45) is 3.85. The second kappa shape index (κ2) is 5.32. The fourth-order valence-corrected chi connectivity index (χ4v) is 1.82. The Morgan fingerprint density at radius 3 is 2.79 bits per heavy atom. The van der Waals surface area contributed by atoms with Crippen LogP contribution in [0.2, 0.25) is 0 Å². The summed E-state index contributed by atoms with van der Waals surface area (Å²) >= 11 is 0. The van der Waals surface area contributed by atoms with Gasteiger partial charge in [-0.3, -0.25) is 4.79 Å². The first kappa shape index (κ1) is 11.5. The molecule has 4 heteroatoms. The van der Waals surface area contributed by atoms with Gasteiger partial charge in [-0.2, -0.15) is 0 Å². The zero-order valence-electron chi connectivity index (χ0n) is 8.70. The van der Waals surface area contributed by atoms with E-state index in [-0.39, 0.29) is 17.9 Å². The van der Waals surface area contributed by atoms with Gasteiger partial charge in [0.1, 0.15) is 0 Å². The Bertz CT molecular complexity index is 195. The molecule has 0 aromatic heterocycles. The van der Waals surface area contributed by atoms with E-state index in [0.717, 1.165) is 25.7 Å². The Morgan fingerprint density at radius 1 is 1.57 bits per heavy atom. The van der Waals surface area contributed by atoms with Crippen LogP contribution in [0.5, 0.6) is 0 Å². The third kappa shape index (κ3) is 3.27. The summed E-state index contributed by atoms with van der Waals surface area (Å²) in [5, 5.41) is 12.4. The van der Waals surface area contributed by atoms with Gasteiger partial charge in [0.25, 0.3) is 0 Å². The van der Waals surface area contributed by atoms with Crippen molar-refractivity contribution in [3.63, 3.8) is 0 Å². The van der Waals surface area contributed by atoms with Gasteiger partial charge in [0.15, 0.2) is 0 Å². The molecule has 1 saturated carbocycles. The standard InChI is InChI=1S/C10H20N2O2/c1-7(11)10(14)12-6-8-4-2-3-5-9(8)13/h7-9,13H,2-6,11H2,1H3,(H,12,14)/t7-,8?,9?/m1/s1. The monoisotopic (exact) mass is 200 g/mol. The number of rotatable bonds is 3. The number of amides is 1. The van der Waals surface area contributed by atoms with E-state index in [9.17, 15) is 9.90 Å². The molecule has 0 saturated heterocycles. The third-order valence-electron chi connectivity index (χ3n) is 2.82. The lowest BCUT2D eigenvalue weighted by molar-refractivity contribution is -0.122. The van der Waals surface area contributed by atoms with Crippen LogP contribution in [0.4, 0.5) is 0 Å². The summed E-state index contributed by atoms with van der Waals surface area (Å²) in [5.41, 5.74) is 5.41. The minimum atomic E-state index is -0.462. The second-order valence-electron chi connectivity index (χ2n) is 4.15. The number of aliphatic hydroxyl groups is 1. The molecular weight excluding hydrogens is 180 g/mol. The molecule has 1 fully saturated rings. The Labute approximate surface area is 84.9 Å². The molecule has 0 aromatic carbocycles. The number of carbonyl (C=O) groups excluding carboxylic acids is 1. The third-order valence-corrected chi connectivity index (χ3v) is 2.82. The molecule has 3 atom stereocenters. The summed E-state index contributed by atoms with van der Waals surface area (Å²) < 4.78 is 0. The number of hydrogen-bond donors (Lipinski definition) is 3. The van der Waals surface area contributed by atoms with Gasteiger partial charge in [0.05, 0.1) is 12.1 Å². The molecule has 4 nitrogen and oxygen atoms in total. The minimum Gasteiger partial charge on any atom is -0.393 e. The van der Waals surface area contributed by atoms with Crippen molar-refractivity contribution in [2.75, 3.05) is 6.54 Å². The quantitative estimate of drug-likeness (QED) is 0.600. The zero-order valence-corrected chi connectivity index (χ0v) is 8.70. The maximum atomic E-state index is 11.2. The highest BCUT2D eigenvalue weighted by molar-refractivity contribution is 5.80. The van der Waals surface area contributed by atoms with Crippen molar-refractivity contribution >= 4 is 5.91 Å². The van der Waals surface area contributed by atoms with Crippen molar-refractivity contribution in [1.82, 2.24) is 5.32 Å². The average molecular weight is 200 g/mol. The van der Waals surface area contributed by atoms with Gasteiger partial charge in [-0.1, -0.05) is 12.8 Å². The smallest absolute Gasteiger partial charge is 0.236 e. The van der Waals surface area contributed by atoms with Gasteiger partial charge in [-0.15, -0.1) is 0 Å². The number of aliphatic hydroxyl groups excluding tert-OH is 1. The highest BCUT2D eigenvalue weighted by atomic mass is 16.3. The van der Waals surface area contributed by atoms with E-state index in [1.165, 1.54) is 0 Å². The molecule has 1 amide bonds. The molecule has 1 aliphatic rings. The van der Waals surface area contributed by atoms with E-state index < -0.39 is 6.04 Å². The normalized spacial score (nSPS) is 29.6. The van der Waals surface area contributed by atoms with Gasteiger partial charge in [-0.25, -0.2) is 0 Å². The van der Waals surface area contributed by atoms with Crippen LogP contribution in [0, 0.1) is 5.92 Å². The average Bonchev–Trinajstić information content (AvgIpc) is 2.16. The maximum absolute atomic E-state index is 11.2. The van der Waals surface area contributed by atoms with E-state index in [2.05, 4.69) is 5.32 Å². The Kier molecular flexibility index (Phi) is 4.35. The van der Waals surface area contributed by atoms with Crippen molar-refractivity contribution in [3.05, 3.63) is 0 Å². The predicted molar refractivity (Wildman–Crippen MR) is 54.6 cm³/mol. The first-order chi connectivity index (χ1) is 6.61. The molecule has 1 rings (SSSR count). The lowest BCUT2D eigenvalue weighted by Gasteiger charge is -2.27. The fraction of sp³-hybridized carbons (Fsp3) is 0.900. The van der Waals surface area contributed by atoms with Gasteiger partial charge in [0, 0.05) is 12.5 Å². The fourth-order valence-electron chi connectivity index (χ4n) is 1.82. The maximum Gasteiger partial charge on any atom is 0.236 e. The molecule has 0 spiro atoms. The van der Waals surface area contributed by atoms with Crippen molar-refractivity contribution < 1.29 is 9.90 Å². The van der Waals surface area contributed by atoms with Gasteiger partial charge >= 0.3 is 0 Å². The van der Waals surface area contributed by atoms with Crippen LogP contribution in [-0.4, -0.2) is 29.7 Å². The molecule has 14 heavy (non-hydrogen) atoms. The minimum absolute atomic E-state index is 0.136. The van der Waals surface area contributed by atoms with Crippen LogP contribution in [0.3, 0.4) is 0 Å². The Hall–Kier alpha value is -0.610.